The van der Waals surface area contributed by atoms with Gasteiger partial charge in [-0.15, -0.1) is 0 Å². The second-order valence-electron chi connectivity index (χ2n) is 6.03. The van der Waals surface area contributed by atoms with Crippen LogP contribution in [-0.2, 0) is 6.42 Å². The maximum absolute atomic E-state index is 12.5. The van der Waals surface area contributed by atoms with Crippen molar-refractivity contribution in [2.75, 3.05) is 31.6 Å². The van der Waals surface area contributed by atoms with Crippen molar-refractivity contribution in [1.29, 1.82) is 0 Å². The molecule has 0 fully saturated rings. The van der Waals surface area contributed by atoms with E-state index in [4.69, 9.17) is 16.7 Å². The predicted molar refractivity (Wildman–Crippen MR) is 103 cm³/mol. The third-order valence-electron chi connectivity index (χ3n) is 4.20. The van der Waals surface area contributed by atoms with Gasteiger partial charge in [-0.05, 0) is 55.3 Å². The zero-order chi connectivity index (χ0) is 18.2. The monoisotopic (exact) mass is 360 g/mol. The van der Waals surface area contributed by atoms with Crippen molar-refractivity contribution in [3.63, 3.8) is 0 Å². The topological polar surface area (TPSA) is 52.6 Å². The summed E-state index contributed by atoms with van der Waals surface area (Å²) in [7, 11) is 0. The van der Waals surface area contributed by atoms with Crippen molar-refractivity contribution in [1.82, 2.24) is 4.90 Å². The van der Waals surface area contributed by atoms with Crippen LogP contribution in [0.1, 0.15) is 28.4 Å². The summed E-state index contributed by atoms with van der Waals surface area (Å²) in [5, 5.41) is 12.6. The van der Waals surface area contributed by atoms with E-state index in [1.54, 1.807) is 12.1 Å². The summed E-state index contributed by atoms with van der Waals surface area (Å²) in [6, 6.07) is 13.1. The molecule has 0 saturated carbocycles. The maximum Gasteiger partial charge on any atom is 0.255 e. The highest BCUT2D eigenvalue weighted by Crippen LogP contribution is 2.20. The molecule has 0 spiro atoms. The predicted octanol–water partition coefficient (Wildman–Crippen LogP) is 3.76. The molecule has 5 heteroatoms. The number of carbonyl (C=O) groups excluding carboxylic acids is 1. The summed E-state index contributed by atoms with van der Waals surface area (Å²) in [6.07, 6.45) is 0.839. The average molecular weight is 361 g/mol. The Morgan fingerprint density at radius 2 is 2.00 bits per heavy atom. The van der Waals surface area contributed by atoms with E-state index in [1.165, 1.54) is 0 Å². The number of amides is 1. The van der Waals surface area contributed by atoms with Crippen LogP contribution in [0.4, 0.5) is 5.69 Å². The van der Waals surface area contributed by atoms with E-state index in [0.29, 0.717) is 22.8 Å². The van der Waals surface area contributed by atoms with Gasteiger partial charge in [0.25, 0.3) is 5.91 Å². The van der Waals surface area contributed by atoms with Gasteiger partial charge in [0.1, 0.15) is 0 Å². The lowest BCUT2D eigenvalue weighted by atomic mass is 10.1. The van der Waals surface area contributed by atoms with E-state index in [9.17, 15) is 4.79 Å². The van der Waals surface area contributed by atoms with Crippen LogP contribution < -0.4 is 5.32 Å². The van der Waals surface area contributed by atoms with Gasteiger partial charge in [-0.3, -0.25) is 4.79 Å². The zero-order valence-electron chi connectivity index (χ0n) is 14.8. The van der Waals surface area contributed by atoms with Crippen molar-refractivity contribution >= 4 is 23.2 Å². The third-order valence-corrected chi connectivity index (χ3v) is 4.61. The van der Waals surface area contributed by atoms with Gasteiger partial charge in [0.2, 0.25) is 0 Å². The Bertz CT molecular complexity index is 719. The lowest BCUT2D eigenvalue weighted by molar-refractivity contribution is 0.102. The molecule has 0 saturated heterocycles. The highest BCUT2D eigenvalue weighted by atomic mass is 35.5. The second-order valence-corrected chi connectivity index (χ2v) is 6.43. The van der Waals surface area contributed by atoms with Crippen LogP contribution in [0.2, 0.25) is 5.02 Å². The lowest BCUT2D eigenvalue weighted by Gasteiger charge is -2.19. The summed E-state index contributed by atoms with van der Waals surface area (Å²) < 4.78 is 0. The Balaban J connectivity index is 2.01. The Kier molecular flexibility index (Phi) is 7.44. The van der Waals surface area contributed by atoms with E-state index in [2.05, 4.69) is 17.1 Å². The minimum Gasteiger partial charge on any atom is -0.395 e. The van der Waals surface area contributed by atoms with Crippen LogP contribution in [0.25, 0.3) is 0 Å². The van der Waals surface area contributed by atoms with Gasteiger partial charge in [0.05, 0.1) is 6.61 Å². The lowest BCUT2D eigenvalue weighted by Crippen LogP contribution is -2.28. The van der Waals surface area contributed by atoms with Crippen molar-refractivity contribution in [2.24, 2.45) is 0 Å². The molecule has 4 nitrogen and oxygen atoms in total. The fraction of sp³-hybridized carbons (Fsp3) is 0.350. The average Bonchev–Trinajstić information content (AvgIpc) is 2.62. The van der Waals surface area contributed by atoms with Crippen LogP contribution in [-0.4, -0.2) is 42.2 Å². The smallest absolute Gasteiger partial charge is 0.255 e. The maximum atomic E-state index is 12.5. The zero-order valence-corrected chi connectivity index (χ0v) is 15.5. The number of aliphatic hydroxyl groups is 1. The molecule has 1 amide bonds. The quantitative estimate of drug-likeness (QED) is 0.753. The van der Waals surface area contributed by atoms with Crippen LogP contribution in [0.15, 0.2) is 42.5 Å². The molecule has 2 aromatic rings. The first-order chi connectivity index (χ1) is 12.0. The molecule has 0 aliphatic heterocycles. The minimum atomic E-state index is -0.149. The number of halogens is 1. The highest BCUT2D eigenvalue weighted by Gasteiger charge is 2.09. The van der Waals surface area contributed by atoms with Crippen molar-refractivity contribution < 1.29 is 9.90 Å². The van der Waals surface area contributed by atoms with E-state index < -0.39 is 0 Å². The molecular formula is C20H25ClN2O2. The SMILES string of the molecule is CCN(CCO)CCc1cccc(C(=O)Nc2ccc(C)c(Cl)c2)c1. The molecule has 0 aliphatic carbocycles. The number of hydrogen-bond donors (Lipinski definition) is 2. The Labute approximate surface area is 154 Å². The third kappa shape index (κ3) is 5.85. The van der Waals surface area contributed by atoms with Gasteiger partial charge < -0.3 is 15.3 Å². The van der Waals surface area contributed by atoms with E-state index in [1.807, 2.05) is 37.3 Å². The summed E-state index contributed by atoms with van der Waals surface area (Å²) in [5.74, 6) is -0.149. The number of hydrogen-bond acceptors (Lipinski definition) is 3. The number of aliphatic hydroxyl groups excluding tert-OH is 1. The Morgan fingerprint density at radius 3 is 2.68 bits per heavy atom. The molecule has 0 heterocycles. The Hall–Kier alpha value is -1.88. The van der Waals surface area contributed by atoms with Crippen LogP contribution in [0, 0.1) is 6.92 Å². The number of rotatable bonds is 8. The first-order valence-corrected chi connectivity index (χ1v) is 8.91. The molecule has 134 valence electrons. The summed E-state index contributed by atoms with van der Waals surface area (Å²) in [6.45, 7) is 6.59. The molecule has 0 radical (unpaired) electrons. The number of nitrogens with zero attached hydrogens (tertiary/aromatic N) is 1. The van der Waals surface area contributed by atoms with Gasteiger partial charge in [-0.1, -0.05) is 36.7 Å². The first kappa shape index (κ1) is 19.4. The minimum absolute atomic E-state index is 0.149. The van der Waals surface area contributed by atoms with Gasteiger partial charge in [-0.25, -0.2) is 0 Å². The standard InChI is InChI=1S/C20H25ClN2O2/c1-3-23(11-12-24)10-9-16-5-4-6-17(13-16)20(25)22-18-8-7-15(2)19(21)14-18/h4-8,13-14,24H,3,9-12H2,1-2H3,(H,22,25). The van der Waals surface area contributed by atoms with Gasteiger partial charge >= 0.3 is 0 Å². The Morgan fingerprint density at radius 1 is 1.20 bits per heavy atom. The van der Waals surface area contributed by atoms with Gasteiger partial charge in [0, 0.05) is 29.4 Å². The number of aryl methyl sites for hydroxylation is 1. The molecule has 2 N–H and O–H groups in total. The molecule has 0 unspecified atom stereocenters. The normalized spacial score (nSPS) is 10.9. The molecule has 2 aromatic carbocycles. The molecule has 0 aliphatic rings. The van der Waals surface area contributed by atoms with E-state index in [-0.39, 0.29) is 12.5 Å². The van der Waals surface area contributed by atoms with Gasteiger partial charge in [-0.2, -0.15) is 0 Å². The van der Waals surface area contributed by atoms with Gasteiger partial charge in [0.15, 0.2) is 0 Å². The van der Waals surface area contributed by atoms with Crippen molar-refractivity contribution in [2.45, 2.75) is 20.3 Å². The highest BCUT2D eigenvalue weighted by molar-refractivity contribution is 6.31. The van der Waals surface area contributed by atoms with E-state index in [0.717, 1.165) is 30.6 Å². The number of anilines is 1. The summed E-state index contributed by atoms with van der Waals surface area (Å²) in [4.78, 5) is 14.6. The molecular weight excluding hydrogens is 336 g/mol. The van der Waals surface area contributed by atoms with Crippen LogP contribution >= 0.6 is 11.6 Å². The fourth-order valence-corrected chi connectivity index (χ4v) is 2.78. The summed E-state index contributed by atoms with van der Waals surface area (Å²) >= 11 is 6.11. The molecule has 0 aromatic heterocycles. The van der Waals surface area contributed by atoms with Crippen LogP contribution in [0.5, 0.6) is 0 Å². The number of nitrogens with one attached hydrogen (secondary N) is 1. The molecule has 25 heavy (non-hydrogen) atoms. The summed E-state index contributed by atoms with van der Waals surface area (Å²) in [5.41, 5.74) is 3.39. The largest absolute Gasteiger partial charge is 0.395 e. The molecule has 0 bridgehead atoms. The molecule has 2 rings (SSSR count). The number of carbonyl (C=O) groups is 1. The van der Waals surface area contributed by atoms with Crippen LogP contribution in [0.3, 0.4) is 0 Å². The second kappa shape index (κ2) is 9.56. The molecule has 0 atom stereocenters. The first-order valence-electron chi connectivity index (χ1n) is 8.53. The van der Waals surface area contributed by atoms with E-state index >= 15 is 0 Å². The fourth-order valence-electron chi connectivity index (χ4n) is 2.60. The number of benzene rings is 2. The number of likely N-dealkylation sites (N-methyl/N-ethyl adjacent to an activating group) is 1. The van der Waals surface area contributed by atoms with Crippen molar-refractivity contribution in [3.05, 3.63) is 64.2 Å². The van der Waals surface area contributed by atoms with Crippen molar-refractivity contribution in [3.8, 4) is 0 Å².